The highest BCUT2D eigenvalue weighted by molar-refractivity contribution is 5.78. The third-order valence-electron chi connectivity index (χ3n) is 4.94. The number of ether oxygens (including phenoxy) is 1. The molecule has 25 heavy (non-hydrogen) atoms. The minimum atomic E-state index is 0.120. The van der Waals surface area contributed by atoms with Crippen LogP contribution in [0.15, 0.2) is 36.7 Å². The third kappa shape index (κ3) is 4.07. The second-order valence-electron chi connectivity index (χ2n) is 7.00. The van der Waals surface area contributed by atoms with Crippen molar-refractivity contribution < 1.29 is 9.53 Å². The van der Waals surface area contributed by atoms with E-state index in [1.165, 1.54) is 12.8 Å². The van der Waals surface area contributed by atoms with E-state index in [1.807, 2.05) is 35.4 Å². The van der Waals surface area contributed by atoms with E-state index >= 15 is 0 Å². The molecule has 3 heterocycles. The summed E-state index contributed by atoms with van der Waals surface area (Å²) in [5.74, 6) is 0.901. The molecule has 1 amide bonds. The molecule has 1 aliphatic heterocycles. The van der Waals surface area contributed by atoms with E-state index in [2.05, 4.69) is 14.8 Å². The van der Waals surface area contributed by atoms with Crippen molar-refractivity contribution in [2.75, 3.05) is 19.8 Å². The molecule has 6 heteroatoms. The van der Waals surface area contributed by atoms with Crippen LogP contribution in [0.2, 0.25) is 0 Å². The molecule has 0 spiro atoms. The number of hydrogen-bond acceptors (Lipinski definition) is 4. The molecule has 132 valence electrons. The van der Waals surface area contributed by atoms with Crippen molar-refractivity contribution >= 4 is 5.91 Å². The first-order valence-electron chi connectivity index (χ1n) is 9.07. The summed E-state index contributed by atoms with van der Waals surface area (Å²) < 4.78 is 7.85. The molecule has 1 atom stereocenters. The predicted molar refractivity (Wildman–Crippen MR) is 92.8 cm³/mol. The van der Waals surface area contributed by atoms with Gasteiger partial charge >= 0.3 is 0 Å². The number of carbonyl (C=O) groups is 1. The standard InChI is InChI=1S/C19H24N4O2/c24-19(11-16-3-1-2-8-20-16)22-12-17-6-9-21-23(17)18(13-22)7-10-25-14-15-4-5-15/h1-3,6,8-9,15,18H,4-5,7,10-14H2/t18-/m0/s1. The number of pyridine rings is 1. The van der Waals surface area contributed by atoms with Gasteiger partial charge in [0, 0.05) is 37.8 Å². The number of aromatic nitrogens is 3. The van der Waals surface area contributed by atoms with Crippen LogP contribution >= 0.6 is 0 Å². The van der Waals surface area contributed by atoms with Gasteiger partial charge in [-0.1, -0.05) is 6.07 Å². The lowest BCUT2D eigenvalue weighted by Gasteiger charge is -2.34. The molecule has 2 aromatic heterocycles. The van der Waals surface area contributed by atoms with Gasteiger partial charge in [0.25, 0.3) is 0 Å². The lowest BCUT2D eigenvalue weighted by atomic mass is 10.1. The highest BCUT2D eigenvalue weighted by atomic mass is 16.5. The number of carbonyl (C=O) groups excluding carboxylic acids is 1. The Labute approximate surface area is 147 Å². The van der Waals surface area contributed by atoms with Gasteiger partial charge in [-0.05, 0) is 43.4 Å². The van der Waals surface area contributed by atoms with Crippen LogP contribution in [-0.4, -0.2) is 45.3 Å². The van der Waals surface area contributed by atoms with Gasteiger partial charge < -0.3 is 9.64 Å². The van der Waals surface area contributed by atoms with Gasteiger partial charge in [0.05, 0.1) is 24.7 Å². The zero-order valence-electron chi connectivity index (χ0n) is 14.4. The highest BCUT2D eigenvalue weighted by Crippen LogP contribution is 2.29. The van der Waals surface area contributed by atoms with Gasteiger partial charge in [0.15, 0.2) is 0 Å². The van der Waals surface area contributed by atoms with E-state index in [1.54, 1.807) is 6.20 Å². The highest BCUT2D eigenvalue weighted by Gasteiger charge is 2.28. The monoisotopic (exact) mass is 340 g/mol. The van der Waals surface area contributed by atoms with E-state index < -0.39 is 0 Å². The number of amides is 1. The molecular formula is C19H24N4O2. The minimum absolute atomic E-state index is 0.120. The fraction of sp³-hybridized carbons (Fsp3) is 0.526. The summed E-state index contributed by atoms with van der Waals surface area (Å²) in [5, 5.41) is 4.45. The zero-order valence-corrected chi connectivity index (χ0v) is 14.4. The Hall–Kier alpha value is -2.21. The van der Waals surface area contributed by atoms with Crippen molar-refractivity contribution in [1.82, 2.24) is 19.7 Å². The maximum atomic E-state index is 12.7. The van der Waals surface area contributed by atoms with E-state index in [0.717, 1.165) is 36.9 Å². The van der Waals surface area contributed by atoms with Gasteiger partial charge in [0.2, 0.25) is 5.91 Å². The van der Waals surface area contributed by atoms with Crippen LogP contribution in [0.4, 0.5) is 0 Å². The second kappa shape index (κ2) is 7.35. The van der Waals surface area contributed by atoms with Crippen molar-refractivity contribution in [1.29, 1.82) is 0 Å². The summed E-state index contributed by atoms with van der Waals surface area (Å²) in [5.41, 5.74) is 1.91. The van der Waals surface area contributed by atoms with Crippen LogP contribution in [0.5, 0.6) is 0 Å². The van der Waals surface area contributed by atoms with E-state index in [4.69, 9.17) is 4.74 Å². The fourth-order valence-electron chi connectivity index (χ4n) is 3.31. The van der Waals surface area contributed by atoms with Crippen molar-refractivity contribution in [3.8, 4) is 0 Å². The summed E-state index contributed by atoms with van der Waals surface area (Å²) >= 11 is 0. The number of fused-ring (bicyclic) bond motifs is 1. The Balaban J connectivity index is 1.37. The second-order valence-corrected chi connectivity index (χ2v) is 7.00. The molecule has 0 aromatic carbocycles. The lowest BCUT2D eigenvalue weighted by Crippen LogP contribution is -2.42. The van der Waals surface area contributed by atoms with Crippen LogP contribution in [0.1, 0.15) is 36.7 Å². The van der Waals surface area contributed by atoms with Gasteiger partial charge in [0.1, 0.15) is 0 Å². The molecule has 0 bridgehead atoms. The maximum Gasteiger partial charge on any atom is 0.229 e. The molecule has 0 N–H and O–H groups in total. The van der Waals surface area contributed by atoms with Crippen LogP contribution in [-0.2, 0) is 22.5 Å². The minimum Gasteiger partial charge on any atom is -0.381 e. The predicted octanol–water partition coefficient (Wildman–Crippen LogP) is 2.22. The molecule has 4 rings (SSSR count). The van der Waals surface area contributed by atoms with Crippen LogP contribution in [0.25, 0.3) is 0 Å². The largest absolute Gasteiger partial charge is 0.381 e. The van der Waals surface area contributed by atoms with Crippen molar-refractivity contribution in [3.63, 3.8) is 0 Å². The number of rotatable bonds is 7. The molecule has 1 fully saturated rings. The SMILES string of the molecule is O=C(Cc1ccccn1)N1Cc2ccnn2[C@@H](CCOCC2CC2)C1. The van der Waals surface area contributed by atoms with Gasteiger partial charge in [-0.2, -0.15) is 5.10 Å². The maximum absolute atomic E-state index is 12.7. The van der Waals surface area contributed by atoms with E-state index in [-0.39, 0.29) is 11.9 Å². The summed E-state index contributed by atoms with van der Waals surface area (Å²) in [4.78, 5) is 18.9. The summed E-state index contributed by atoms with van der Waals surface area (Å²) in [7, 11) is 0. The molecule has 1 saturated carbocycles. The number of nitrogens with zero attached hydrogens (tertiary/aromatic N) is 4. The molecule has 0 unspecified atom stereocenters. The fourth-order valence-corrected chi connectivity index (χ4v) is 3.31. The van der Waals surface area contributed by atoms with Gasteiger partial charge in [-0.25, -0.2) is 0 Å². The van der Waals surface area contributed by atoms with Crippen molar-refractivity contribution in [2.45, 2.75) is 38.3 Å². The Morgan fingerprint density at radius 1 is 1.24 bits per heavy atom. The van der Waals surface area contributed by atoms with Crippen molar-refractivity contribution in [2.24, 2.45) is 5.92 Å². The number of hydrogen-bond donors (Lipinski definition) is 0. The van der Waals surface area contributed by atoms with Gasteiger partial charge in [-0.3, -0.25) is 14.5 Å². The summed E-state index contributed by atoms with van der Waals surface area (Å²) in [6, 6.07) is 7.87. The molecule has 1 aliphatic carbocycles. The van der Waals surface area contributed by atoms with Crippen molar-refractivity contribution in [3.05, 3.63) is 48.0 Å². The van der Waals surface area contributed by atoms with E-state index in [9.17, 15) is 4.79 Å². The normalized spacial score (nSPS) is 19.7. The Morgan fingerprint density at radius 2 is 2.16 bits per heavy atom. The summed E-state index contributed by atoms with van der Waals surface area (Å²) in [6.45, 7) is 2.90. The molecular weight excluding hydrogens is 316 g/mol. The smallest absolute Gasteiger partial charge is 0.229 e. The molecule has 0 radical (unpaired) electrons. The third-order valence-corrected chi connectivity index (χ3v) is 4.94. The first kappa shape index (κ1) is 16.3. The molecule has 6 nitrogen and oxygen atoms in total. The van der Waals surface area contributed by atoms with Crippen LogP contribution in [0.3, 0.4) is 0 Å². The van der Waals surface area contributed by atoms with E-state index in [0.29, 0.717) is 19.5 Å². The van der Waals surface area contributed by atoms with Crippen LogP contribution < -0.4 is 0 Å². The quantitative estimate of drug-likeness (QED) is 0.725. The molecule has 2 aliphatic rings. The van der Waals surface area contributed by atoms with Crippen LogP contribution in [0, 0.1) is 5.92 Å². The topological polar surface area (TPSA) is 60.2 Å². The average Bonchev–Trinajstić information content (AvgIpc) is 3.33. The first-order valence-corrected chi connectivity index (χ1v) is 9.07. The first-order chi connectivity index (χ1) is 12.3. The Morgan fingerprint density at radius 3 is 2.96 bits per heavy atom. The molecule has 2 aromatic rings. The lowest BCUT2D eigenvalue weighted by molar-refractivity contribution is -0.132. The molecule has 0 saturated heterocycles. The Bertz CT molecular complexity index is 711. The van der Waals surface area contributed by atoms with Gasteiger partial charge in [-0.15, -0.1) is 0 Å². The summed E-state index contributed by atoms with van der Waals surface area (Å²) in [6.07, 6.45) is 7.40. The average molecular weight is 340 g/mol. The Kier molecular flexibility index (Phi) is 4.78. The zero-order chi connectivity index (χ0) is 17.1.